The number of hydrogen-bond donors (Lipinski definition) is 1. The summed E-state index contributed by atoms with van der Waals surface area (Å²) in [6.07, 6.45) is 1.07. The molecule has 0 saturated carbocycles. The van der Waals surface area contributed by atoms with E-state index in [1.165, 1.54) is 5.56 Å². The molecule has 0 heterocycles. The van der Waals surface area contributed by atoms with Crippen LogP contribution in [0.1, 0.15) is 31.9 Å². The van der Waals surface area contributed by atoms with Crippen molar-refractivity contribution in [3.8, 4) is 0 Å². The lowest BCUT2D eigenvalue weighted by molar-refractivity contribution is 0.0623. The molecule has 1 aromatic carbocycles. The average molecular weight is 236 g/mol. The lowest BCUT2D eigenvalue weighted by atomic mass is 10.1. The van der Waals surface area contributed by atoms with Crippen molar-refractivity contribution in [2.24, 2.45) is 0 Å². The molecule has 1 rings (SSSR count). The zero-order chi connectivity index (χ0) is 12.7. The van der Waals surface area contributed by atoms with Crippen LogP contribution in [0.15, 0.2) is 30.3 Å². The van der Waals surface area contributed by atoms with Gasteiger partial charge in [0, 0.05) is 26.2 Å². The first-order valence-corrected chi connectivity index (χ1v) is 6.21. The predicted molar refractivity (Wildman–Crippen MR) is 71.7 cm³/mol. The van der Waals surface area contributed by atoms with Crippen molar-refractivity contribution in [3.63, 3.8) is 0 Å². The number of ether oxygens (including phenoxy) is 1. The monoisotopic (exact) mass is 236 g/mol. The molecular formula is C14H24N2O. The van der Waals surface area contributed by atoms with Crippen molar-refractivity contribution in [1.29, 1.82) is 0 Å². The SMILES string of the molecule is CC[C@H](COC)N(C)NC(C)c1ccccc1. The Morgan fingerprint density at radius 1 is 1.29 bits per heavy atom. The number of methoxy groups -OCH3 is 1. The number of hydrogen-bond acceptors (Lipinski definition) is 3. The molecule has 2 atom stereocenters. The Bertz CT molecular complexity index is 302. The summed E-state index contributed by atoms with van der Waals surface area (Å²) in [5.74, 6) is 0. The second-order valence-electron chi connectivity index (χ2n) is 4.39. The first-order valence-electron chi connectivity index (χ1n) is 6.21. The number of benzene rings is 1. The highest BCUT2D eigenvalue weighted by Gasteiger charge is 2.14. The van der Waals surface area contributed by atoms with E-state index in [4.69, 9.17) is 4.74 Å². The van der Waals surface area contributed by atoms with Gasteiger partial charge in [0.25, 0.3) is 0 Å². The third-order valence-electron chi connectivity index (χ3n) is 3.07. The second-order valence-corrected chi connectivity index (χ2v) is 4.39. The van der Waals surface area contributed by atoms with Crippen LogP contribution in [0.3, 0.4) is 0 Å². The van der Waals surface area contributed by atoms with Gasteiger partial charge in [-0.25, -0.2) is 10.4 Å². The van der Waals surface area contributed by atoms with Crippen LogP contribution >= 0.6 is 0 Å². The maximum Gasteiger partial charge on any atom is 0.0631 e. The van der Waals surface area contributed by atoms with Gasteiger partial charge in [0.05, 0.1) is 6.61 Å². The van der Waals surface area contributed by atoms with Crippen LogP contribution in [-0.4, -0.2) is 31.8 Å². The van der Waals surface area contributed by atoms with Gasteiger partial charge < -0.3 is 4.74 Å². The van der Waals surface area contributed by atoms with Gasteiger partial charge in [-0.1, -0.05) is 37.3 Å². The maximum absolute atomic E-state index is 5.22. The quantitative estimate of drug-likeness (QED) is 0.737. The minimum atomic E-state index is 0.312. The van der Waals surface area contributed by atoms with Gasteiger partial charge in [0.15, 0.2) is 0 Å². The van der Waals surface area contributed by atoms with Gasteiger partial charge >= 0.3 is 0 Å². The van der Waals surface area contributed by atoms with E-state index in [2.05, 4.69) is 55.6 Å². The van der Waals surface area contributed by atoms with E-state index in [1.807, 2.05) is 6.07 Å². The number of hydrazine groups is 1. The van der Waals surface area contributed by atoms with Gasteiger partial charge in [-0.3, -0.25) is 0 Å². The molecule has 0 aliphatic heterocycles. The van der Waals surface area contributed by atoms with Crippen LogP contribution in [0.5, 0.6) is 0 Å². The molecule has 3 nitrogen and oxygen atoms in total. The fraction of sp³-hybridized carbons (Fsp3) is 0.571. The highest BCUT2D eigenvalue weighted by molar-refractivity contribution is 5.17. The van der Waals surface area contributed by atoms with Gasteiger partial charge in [0.2, 0.25) is 0 Å². The van der Waals surface area contributed by atoms with Crippen molar-refractivity contribution < 1.29 is 4.74 Å². The first kappa shape index (κ1) is 14.2. The van der Waals surface area contributed by atoms with Gasteiger partial charge in [-0.05, 0) is 18.9 Å². The summed E-state index contributed by atoms with van der Waals surface area (Å²) in [4.78, 5) is 0. The molecule has 0 aliphatic rings. The fourth-order valence-electron chi connectivity index (χ4n) is 1.92. The first-order chi connectivity index (χ1) is 8.19. The van der Waals surface area contributed by atoms with E-state index in [1.54, 1.807) is 7.11 Å². The second kappa shape index (κ2) is 7.43. The molecule has 1 N–H and O–H groups in total. The summed E-state index contributed by atoms with van der Waals surface area (Å²) in [7, 11) is 3.82. The molecule has 96 valence electrons. The maximum atomic E-state index is 5.22. The Morgan fingerprint density at radius 3 is 2.47 bits per heavy atom. The third-order valence-corrected chi connectivity index (χ3v) is 3.07. The topological polar surface area (TPSA) is 24.5 Å². The van der Waals surface area contributed by atoms with Gasteiger partial charge in [-0.15, -0.1) is 0 Å². The summed E-state index contributed by atoms with van der Waals surface area (Å²) in [5.41, 5.74) is 4.78. The molecule has 1 unspecified atom stereocenters. The van der Waals surface area contributed by atoms with Gasteiger partial charge in [0.1, 0.15) is 0 Å². The Kier molecular flexibility index (Phi) is 6.19. The third kappa shape index (κ3) is 4.46. The van der Waals surface area contributed by atoms with Crippen molar-refractivity contribution in [1.82, 2.24) is 10.4 Å². The van der Waals surface area contributed by atoms with Crippen molar-refractivity contribution >= 4 is 0 Å². The molecule has 1 aromatic rings. The highest BCUT2D eigenvalue weighted by Crippen LogP contribution is 2.12. The largest absolute Gasteiger partial charge is 0.383 e. The van der Waals surface area contributed by atoms with Crippen LogP contribution < -0.4 is 5.43 Å². The van der Waals surface area contributed by atoms with Crippen molar-refractivity contribution in [3.05, 3.63) is 35.9 Å². The van der Waals surface area contributed by atoms with Crippen molar-refractivity contribution in [2.75, 3.05) is 20.8 Å². The summed E-state index contributed by atoms with van der Waals surface area (Å²) >= 11 is 0. The van der Waals surface area contributed by atoms with Gasteiger partial charge in [-0.2, -0.15) is 0 Å². The minimum Gasteiger partial charge on any atom is -0.383 e. The Labute approximate surface area is 105 Å². The fourth-order valence-corrected chi connectivity index (χ4v) is 1.92. The van der Waals surface area contributed by atoms with E-state index in [-0.39, 0.29) is 0 Å². The van der Waals surface area contributed by atoms with Crippen LogP contribution in [0.4, 0.5) is 0 Å². The number of nitrogens with zero attached hydrogens (tertiary/aromatic N) is 1. The molecule has 0 amide bonds. The van der Waals surface area contributed by atoms with E-state index in [0.29, 0.717) is 12.1 Å². The smallest absolute Gasteiger partial charge is 0.0631 e. The van der Waals surface area contributed by atoms with Crippen LogP contribution in [-0.2, 0) is 4.74 Å². The average Bonchev–Trinajstić information content (AvgIpc) is 2.36. The molecule has 0 radical (unpaired) electrons. The minimum absolute atomic E-state index is 0.312. The standard InChI is InChI=1S/C14H24N2O/c1-5-14(11-17-4)16(3)15-12(2)13-9-7-6-8-10-13/h6-10,12,14-15H,5,11H2,1-4H3/t12?,14-/m1/s1. The normalized spacial score (nSPS) is 14.9. The summed E-state index contributed by atoms with van der Waals surface area (Å²) < 4.78 is 5.22. The number of likely N-dealkylation sites (N-methyl/N-ethyl adjacent to an activating group) is 1. The molecule has 0 fully saturated rings. The molecular weight excluding hydrogens is 212 g/mol. The zero-order valence-electron chi connectivity index (χ0n) is 11.3. The van der Waals surface area contributed by atoms with E-state index in [0.717, 1.165) is 13.0 Å². The summed E-state index contributed by atoms with van der Waals surface area (Å²) in [6, 6.07) is 11.2. The molecule has 0 spiro atoms. The van der Waals surface area contributed by atoms with Crippen molar-refractivity contribution in [2.45, 2.75) is 32.4 Å². The Hall–Kier alpha value is -0.900. The van der Waals surface area contributed by atoms with E-state index >= 15 is 0 Å². The van der Waals surface area contributed by atoms with Crippen LogP contribution in [0.25, 0.3) is 0 Å². The van der Waals surface area contributed by atoms with E-state index in [9.17, 15) is 0 Å². The molecule has 0 bridgehead atoms. The number of nitrogens with one attached hydrogen (secondary N) is 1. The Balaban J connectivity index is 2.53. The van der Waals surface area contributed by atoms with Crippen LogP contribution in [0, 0.1) is 0 Å². The summed E-state index contributed by atoms with van der Waals surface area (Å²) in [5, 5.41) is 2.15. The van der Waals surface area contributed by atoms with Crippen LogP contribution in [0.2, 0.25) is 0 Å². The highest BCUT2D eigenvalue weighted by atomic mass is 16.5. The zero-order valence-corrected chi connectivity index (χ0v) is 11.3. The predicted octanol–water partition coefficient (Wildman–Crippen LogP) is 2.61. The Morgan fingerprint density at radius 2 is 1.94 bits per heavy atom. The molecule has 0 aromatic heterocycles. The molecule has 3 heteroatoms. The lowest BCUT2D eigenvalue weighted by Gasteiger charge is -2.30. The molecule has 0 saturated heterocycles. The number of rotatable bonds is 7. The molecule has 0 aliphatic carbocycles. The summed E-state index contributed by atoms with van der Waals surface area (Å²) in [6.45, 7) is 5.10. The lowest BCUT2D eigenvalue weighted by Crippen LogP contribution is -2.45. The van der Waals surface area contributed by atoms with E-state index < -0.39 is 0 Å². The molecule has 17 heavy (non-hydrogen) atoms.